The van der Waals surface area contributed by atoms with Gasteiger partial charge in [0.25, 0.3) is 0 Å². The summed E-state index contributed by atoms with van der Waals surface area (Å²) in [5.41, 5.74) is 1.28. The average Bonchev–Trinajstić information content (AvgIpc) is 2.49. The van der Waals surface area contributed by atoms with Crippen molar-refractivity contribution in [1.82, 2.24) is 5.32 Å². The molecule has 1 aromatic carbocycles. The van der Waals surface area contributed by atoms with Crippen LogP contribution in [-0.2, 0) is 6.54 Å². The molecule has 20 heavy (non-hydrogen) atoms. The molecule has 0 aliphatic rings. The molecule has 0 saturated carbocycles. The molecule has 0 spiro atoms. The molecule has 0 bridgehead atoms. The number of hydrogen-bond acceptors (Lipinski definition) is 2. The van der Waals surface area contributed by atoms with E-state index in [9.17, 15) is 0 Å². The van der Waals surface area contributed by atoms with Crippen LogP contribution in [0.5, 0.6) is 5.75 Å². The summed E-state index contributed by atoms with van der Waals surface area (Å²) in [6, 6.07) is 8.11. The van der Waals surface area contributed by atoms with Crippen molar-refractivity contribution in [3.05, 3.63) is 29.8 Å². The van der Waals surface area contributed by atoms with E-state index in [2.05, 4.69) is 30.3 Å². The van der Waals surface area contributed by atoms with Gasteiger partial charge in [0.15, 0.2) is 0 Å². The van der Waals surface area contributed by atoms with Crippen LogP contribution in [0, 0.1) is 12.3 Å². The zero-order chi connectivity index (χ0) is 14.5. The first-order valence-corrected chi connectivity index (χ1v) is 7.72. The predicted molar refractivity (Wildman–Crippen MR) is 85.9 cm³/mol. The van der Waals surface area contributed by atoms with E-state index in [0.29, 0.717) is 6.61 Å². The van der Waals surface area contributed by atoms with E-state index in [0.717, 1.165) is 18.8 Å². The summed E-state index contributed by atoms with van der Waals surface area (Å²) in [6.07, 6.45) is 13.2. The molecule has 0 radical (unpaired) electrons. The molecule has 0 aliphatic carbocycles. The summed E-state index contributed by atoms with van der Waals surface area (Å²) in [4.78, 5) is 0. The van der Waals surface area contributed by atoms with Crippen molar-refractivity contribution in [2.75, 3.05) is 13.2 Å². The van der Waals surface area contributed by atoms with Gasteiger partial charge in [-0.05, 0) is 30.7 Å². The van der Waals surface area contributed by atoms with Gasteiger partial charge >= 0.3 is 0 Å². The topological polar surface area (TPSA) is 21.3 Å². The lowest BCUT2D eigenvalue weighted by Gasteiger charge is -2.06. The minimum atomic E-state index is 0.329. The number of benzene rings is 1. The van der Waals surface area contributed by atoms with Gasteiger partial charge < -0.3 is 10.1 Å². The Hall–Kier alpha value is -1.46. The molecule has 110 valence electrons. The Morgan fingerprint density at radius 3 is 2.45 bits per heavy atom. The van der Waals surface area contributed by atoms with Crippen molar-refractivity contribution in [2.45, 2.75) is 52.0 Å². The molecule has 2 nitrogen and oxygen atoms in total. The van der Waals surface area contributed by atoms with Crippen molar-refractivity contribution >= 4 is 0 Å². The number of rotatable bonds is 11. The molecule has 0 aliphatic heterocycles. The van der Waals surface area contributed by atoms with Crippen LogP contribution in [0.2, 0.25) is 0 Å². The third-order valence-electron chi connectivity index (χ3n) is 3.28. The molecule has 0 fully saturated rings. The number of terminal acetylenes is 1. The number of ether oxygens (including phenoxy) is 1. The fourth-order valence-corrected chi connectivity index (χ4v) is 2.09. The van der Waals surface area contributed by atoms with E-state index in [1.54, 1.807) is 0 Å². The zero-order valence-electron chi connectivity index (χ0n) is 12.7. The first-order chi connectivity index (χ1) is 9.86. The molecule has 0 unspecified atom stereocenters. The summed E-state index contributed by atoms with van der Waals surface area (Å²) in [7, 11) is 0. The number of unbranched alkanes of at least 4 members (excludes halogenated alkanes) is 5. The van der Waals surface area contributed by atoms with Gasteiger partial charge in [-0.15, -0.1) is 6.42 Å². The van der Waals surface area contributed by atoms with E-state index in [1.807, 2.05) is 12.1 Å². The third-order valence-corrected chi connectivity index (χ3v) is 3.28. The lowest BCUT2D eigenvalue weighted by Crippen LogP contribution is -2.14. The Morgan fingerprint density at radius 2 is 1.75 bits per heavy atom. The smallest absolute Gasteiger partial charge is 0.148 e. The largest absolute Gasteiger partial charge is 0.481 e. The van der Waals surface area contributed by atoms with Gasteiger partial charge in [-0.25, -0.2) is 0 Å². The van der Waals surface area contributed by atoms with Crippen LogP contribution < -0.4 is 10.1 Å². The Kier molecular flexibility index (Phi) is 9.44. The Bertz CT molecular complexity index is 377. The monoisotopic (exact) mass is 273 g/mol. The van der Waals surface area contributed by atoms with Crippen LogP contribution in [0.15, 0.2) is 24.3 Å². The standard InChI is InChI=1S/C18H27NO/c1-3-5-6-7-8-9-14-19-16-17-10-12-18(13-11-17)20-15-4-2/h2,10-13,19H,3,5-9,14-16H2,1H3. The lowest BCUT2D eigenvalue weighted by molar-refractivity contribution is 0.370. The molecule has 0 aromatic heterocycles. The minimum absolute atomic E-state index is 0.329. The summed E-state index contributed by atoms with van der Waals surface area (Å²) < 4.78 is 5.34. The molecule has 1 N–H and O–H groups in total. The highest BCUT2D eigenvalue weighted by molar-refractivity contribution is 5.27. The third kappa shape index (κ3) is 7.86. The first kappa shape index (κ1) is 16.6. The second-order valence-corrected chi connectivity index (χ2v) is 5.08. The maximum Gasteiger partial charge on any atom is 0.148 e. The van der Waals surface area contributed by atoms with E-state index >= 15 is 0 Å². The van der Waals surface area contributed by atoms with Gasteiger partial charge in [0.05, 0.1) is 0 Å². The summed E-state index contributed by atoms with van der Waals surface area (Å²) in [6.45, 7) is 4.60. The molecule has 0 atom stereocenters. The molecular formula is C18H27NO. The average molecular weight is 273 g/mol. The van der Waals surface area contributed by atoms with Crippen LogP contribution in [-0.4, -0.2) is 13.2 Å². The second-order valence-electron chi connectivity index (χ2n) is 5.08. The number of hydrogen-bond donors (Lipinski definition) is 1. The summed E-state index contributed by atoms with van der Waals surface area (Å²) in [5, 5.41) is 3.48. The number of nitrogens with one attached hydrogen (secondary N) is 1. The molecule has 0 amide bonds. The summed E-state index contributed by atoms with van der Waals surface area (Å²) in [5.74, 6) is 3.30. The fraction of sp³-hybridized carbons (Fsp3) is 0.556. The molecule has 1 aromatic rings. The SMILES string of the molecule is C#CCOc1ccc(CNCCCCCCCC)cc1. The van der Waals surface area contributed by atoms with E-state index in [1.165, 1.54) is 44.1 Å². The normalized spacial score (nSPS) is 10.2. The molecular weight excluding hydrogens is 246 g/mol. The molecule has 1 rings (SSSR count). The molecule has 0 saturated heterocycles. The van der Waals surface area contributed by atoms with Gasteiger partial charge in [0, 0.05) is 6.54 Å². The van der Waals surface area contributed by atoms with Gasteiger partial charge in [0.1, 0.15) is 12.4 Å². The van der Waals surface area contributed by atoms with Crippen LogP contribution in [0.3, 0.4) is 0 Å². The van der Waals surface area contributed by atoms with Crippen LogP contribution in [0.4, 0.5) is 0 Å². The minimum Gasteiger partial charge on any atom is -0.481 e. The van der Waals surface area contributed by atoms with Crippen molar-refractivity contribution in [3.63, 3.8) is 0 Å². The van der Waals surface area contributed by atoms with E-state index in [-0.39, 0.29) is 0 Å². The highest BCUT2D eigenvalue weighted by Gasteiger charge is 1.95. The van der Waals surface area contributed by atoms with Crippen molar-refractivity contribution in [1.29, 1.82) is 0 Å². The van der Waals surface area contributed by atoms with E-state index < -0.39 is 0 Å². The molecule has 2 heteroatoms. The quantitative estimate of drug-likeness (QED) is 0.483. The van der Waals surface area contributed by atoms with Gasteiger partial charge in [-0.2, -0.15) is 0 Å². The molecule has 0 heterocycles. The highest BCUT2D eigenvalue weighted by Crippen LogP contribution is 2.12. The highest BCUT2D eigenvalue weighted by atomic mass is 16.5. The Morgan fingerprint density at radius 1 is 1.05 bits per heavy atom. The van der Waals surface area contributed by atoms with E-state index in [4.69, 9.17) is 11.2 Å². The lowest BCUT2D eigenvalue weighted by atomic mass is 10.1. The van der Waals surface area contributed by atoms with Crippen LogP contribution in [0.1, 0.15) is 51.0 Å². The first-order valence-electron chi connectivity index (χ1n) is 7.72. The Labute approximate surface area is 123 Å². The summed E-state index contributed by atoms with van der Waals surface area (Å²) >= 11 is 0. The maximum absolute atomic E-state index is 5.34. The fourth-order valence-electron chi connectivity index (χ4n) is 2.09. The van der Waals surface area contributed by atoms with Crippen LogP contribution in [0.25, 0.3) is 0 Å². The Balaban J connectivity index is 2.06. The second kappa shape index (κ2) is 11.4. The van der Waals surface area contributed by atoms with Crippen LogP contribution >= 0.6 is 0 Å². The zero-order valence-corrected chi connectivity index (χ0v) is 12.7. The van der Waals surface area contributed by atoms with Gasteiger partial charge in [0.2, 0.25) is 0 Å². The van der Waals surface area contributed by atoms with Crippen molar-refractivity contribution in [3.8, 4) is 18.1 Å². The van der Waals surface area contributed by atoms with Gasteiger partial charge in [-0.1, -0.05) is 57.1 Å². The maximum atomic E-state index is 5.34. The van der Waals surface area contributed by atoms with Crippen molar-refractivity contribution in [2.24, 2.45) is 0 Å². The predicted octanol–water partition coefficient (Wildman–Crippen LogP) is 4.15. The van der Waals surface area contributed by atoms with Crippen molar-refractivity contribution < 1.29 is 4.74 Å². The van der Waals surface area contributed by atoms with Gasteiger partial charge in [-0.3, -0.25) is 0 Å².